The largest absolute Gasteiger partial charge is 0.481 e. The Morgan fingerprint density at radius 1 is 1.54 bits per heavy atom. The van der Waals surface area contributed by atoms with Crippen LogP contribution in [0.2, 0.25) is 0 Å². The van der Waals surface area contributed by atoms with Crippen molar-refractivity contribution in [1.82, 2.24) is 0 Å². The smallest absolute Gasteiger partial charge is 0.149 e. The molecule has 0 heterocycles. The molecule has 0 aliphatic rings. The predicted octanol–water partition coefficient (Wildman–Crippen LogP) is 2.09. The van der Waals surface area contributed by atoms with E-state index in [2.05, 4.69) is 11.8 Å². The highest BCUT2D eigenvalue weighted by Crippen LogP contribution is 2.11. The Morgan fingerprint density at radius 2 is 2.38 bits per heavy atom. The number of rotatable bonds is 3. The summed E-state index contributed by atoms with van der Waals surface area (Å²) in [5.41, 5.74) is 0.835. The van der Waals surface area contributed by atoms with Gasteiger partial charge in [0.2, 0.25) is 0 Å². The molecule has 0 saturated carbocycles. The lowest BCUT2D eigenvalue weighted by molar-refractivity contribution is 0.370. The van der Waals surface area contributed by atoms with Crippen LogP contribution in [-0.4, -0.2) is 12.8 Å². The highest BCUT2D eigenvalue weighted by atomic mass is 16.5. The van der Waals surface area contributed by atoms with Gasteiger partial charge in [-0.25, -0.2) is 0 Å². The summed E-state index contributed by atoms with van der Waals surface area (Å²) in [6.45, 7) is 2.18. The predicted molar refractivity (Wildman–Crippen MR) is 53.3 cm³/mol. The first-order valence-electron chi connectivity index (χ1n) is 4.00. The van der Waals surface area contributed by atoms with Gasteiger partial charge in [-0.3, -0.25) is 0 Å². The average molecular weight is 173 g/mol. The highest BCUT2D eigenvalue weighted by Gasteiger charge is 1.92. The van der Waals surface area contributed by atoms with Gasteiger partial charge in [0, 0.05) is 6.21 Å². The van der Waals surface area contributed by atoms with Crippen LogP contribution in [0.5, 0.6) is 5.75 Å². The molecule has 1 aromatic rings. The van der Waals surface area contributed by atoms with Crippen molar-refractivity contribution < 1.29 is 4.74 Å². The number of nitrogens with one attached hydrogen (secondary N) is 1. The van der Waals surface area contributed by atoms with E-state index in [9.17, 15) is 0 Å². The van der Waals surface area contributed by atoms with Gasteiger partial charge < -0.3 is 10.1 Å². The maximum Gasteiger partial charge on any atom is 0.149 e. The molecule has 1 aromatic carbocycles. The van der Waals surface area contributed by atoms with Crippen molar-refractivity contribution in [3.63, 3.8) is 0 Å². The molecule has 0 aliphatic heterocycles. The Bertz CT molecular complexity index is 347. The van der Waals surface area contributed by atoms with Crippen LogP contribution in [0.15, 0.2) is 24.3 Å². The van der Waals surface area contributed by atoms with Gasteiger partial charge in [0.25, 0.3) is 0 Å². The summed E-state index contributed by atoms with van der Waals surface area (Å²) >= 11 is 0. The molecule has 13 heavy (non-hydrogen) atoms. The first-order chi connectivity index (χ1) is 6.36. The van der Waals surface area contributed by atoms with Crippen molar-refractivity contribution in [2.24, 2.45) is 0 Å². The highest BCUT2D eigenvalue weighted by molar-refractivity contribution is 5.77. The SMILES string of the molecule is CC#CCOc1cccc(C=N)c1. The van der Waals surface area contributed by atoms with E-state index in [0.29, 0.717) is 6.61 Å². The summed E-state index contributed by atoms with van der Waals surface area (Å²) in [4.78, 5) is 0. The van der Waals surface area contributed by atoms with Crippen LogP contribution in [0, 0.1) is 17.3 Å². The fourth-order valence-electron chi connectivity index (χ4n) is 0.886. The molecule has 0 bridgehead atoms. The second-order valence-corrected chi connectivity index (χ2v) is 2.43. The van der Waals surface area contributed by atoms with Crippen LogP contribution >= 0.6 is 0 Å². The Balaban J connectivity index is 2.64. The van der Waals surface area contributed by atoms with Gasteiger partial charge in [-0.2, -0.15) is 0 Å². The lowest BCUT2D eigenvalue weighted by Gasteiger charge is -2.01. The number of hydrogen-bond acceptors (Lipinski definition) is 2. The quantitative estimate of drug-likeness (QED) is 0.551. The second-order valence-electron chi connectivity index (χ2n) is 2.43. The van der Waals surface area contributed by atoms with E-state index in [4.69, 9.17) is 10.1 Å². The van der Waals surface area contributed by atoms with Crippen LogP contribution < -0.4 is 4.74 Å². The zero-order chi connectivity index (χ0) is 9.52. The molecule has 2 nitrogen and oxygen atoms in total. The monoisotopic (exact) mass is 173 g/mol. The normalized spacial score (nSPS) is 8.38. The maximum absolute atomic E-state index is 7.05. The lowest BCUT2D eigenvalue weighted by atomic mass is 10.2. The molecule has 0 spiro atoms. The molecule has 0 atom stereocenters. The van der Waals surface area contributed by atoms with E-state index in [1.807, 2.05) is 24.3 Å². The van der Waals surface area contributed by atoms with Crippen LogP contribution in [0.3, 0.4) is 0 Å². The molecule has 1 rings (SSSR count). The summed E-state index contributed by atoms with van der Waals surface area (Å²) in [5.74, 6) is 6.31. The minimum Gasteiger partial charge on any atom is -0.481 e. The molecule has 0 unspecified atom stereocenters. The molecule has 0 radical (unpaired) electrons. The zero-order valence-corrected chi connectivity index (χ0v) is 7.50. The molecular weight excluding hydrogens is 162 g/mol. The van der Waals surface area contributed by atoms with Gasteiger partial charge in [-0.15, -0.1) is 5.92 Å². The summed E-state index contributed by atoms with van der Waals surface area (Å²) in [7, 11) is 0. The van der Waals surface area contributed by atoms with Gasteiger partial charge in [-0.1, -0.05) is 18.1 Å². The van der Waals surface area contributed by atoms with Crippen LogP contribution in [-0.2, 0) is 0 Å². The van der Waals surface area contributed by atoms with Crippen LogP contribution in [0.25, 0.3) is 0 Å². The molecule has 0 amide bonds. The van der Waals surface area contributed by atoms with Gasteiger partial charge in [0.05, 0.1) is 0 Å². The first-order valence-corrected chi connectivity index (χ1v) is 4.00. The standard InChI is InChI=1S/C11H11NO/c1-2-3-7-13-11-6-4-5-10(8-11)9-12/h4-6,8-9,12H,7H2,1H3. The molecule has 66 valence electrons. The van der Waals surface area contributed by atoms with E-state index in [1.54, 1.807) is 6.92 Å². The third kappa shape index (κ3) is 3.00. The van der Waals surface area contributed by atoms with Gasteiger partial charge in [0.15, 0.2) is 0 Å². The fraction of sp³-hybridized carbons (Fsp3) is 0.182. The molecule has 0 aromatic heterocycles. The molecule has 0 saturated heterocycles. The third-order valence-corrected chi connectivity index (χ3v) is 1.51. The fourth-order valence-corrected chi connectivity index (χ4v) is 0.886. The number of ether oxygens (including phenoxy) is 1. The summed E-state index contributed by atoms with van der Waals surface area (Å²) in [6.07, 6.45) is 1.29. The Morgan fingerprint density at radius 3 is 3.08 bits per heavy atom. The van der Waals surface area contributed by atoms with E-state index < -0.39 is 0 Å². The molecule has 1 N–H and O–H groups in total. The zero-order valence-electron chi connectivity index (χ0n) is 7.50. The minimum atomic E-state index is 0.401. The second kappa shape index (κ2) is 5.00. The van der Waals surface area contributed by atoms with E-state index in [1.165, 1.54) is 6.21 Å². The van der Waals surface area contributed by atoms with Gasteiger partial charge in [-0.05, 0) is 24.6 Å². The van der Waals surface area contributed by atoms with Crippen molar-refractivity contribution in [3.05, 3.63) is 29.8 Å². The molecule has 2 heteroatoms. The minimum absolute atomic E-state index is 0.401. The molecular formula is C11H11NO. The third-order valence-electron chi connectivity index (χ3n) is 1.51. The summed E-state index contributed by atoms with van der Waals surface area (Å²) in [6, 6.07) is 7.37. The van der Waals surface area contributed by atoms with E-state index in [0.717, 1.165) is 11.3 Å². The Kier molecular flexibility index (Phi) is 3.59. The summed E-state index contributed by atoms with van der Waals surface area (Å²) < 4.78 is 5.31. The van der Waals surface area contributed by atoms with Crippen molar-refractivity contribution in [1.29, 1.82) is 5.41 Å². The van der Waals surface area contributed by atoms with E-state index >= 15 is 0 Å². The van der Waals surface area contributed by atoms with Crippen molar-refractivity contribution in [3.8, 4) is 17.6 Å². The topological polar surface area (TPSA) is 33.1 Å². The first kappa shape index (κ1) is 9.34. The van der Waals surface area contributed by atoms with Crippen LogP contribution in [0.4, 0.5) is 0 Å². The maximum atomic E-state index is 7.05. The Labute approximate surface area is 78.1 Å². The van der Waals surface area contributed by atoms with E-state index in [-0.39, 0.29) is 0 Å². The van der Waals surface area contributed by atoms with Crippen molar-refractivity contribution in [2.45, 2.75) is 6.92 Å². The molecule has 0 fully saturated rings. The number of hydrogen-bond donors (Lipinski definition) is 1. The van der Waals surface area contributed by atoms with Crippen molar-refractivity contribution >= 4 is 6.21 Å². The lowest BCUT2D eigenvalue weighted by Crippen LogP contribution is -1.94. The van der Waals surface area contributed by atoms with Gasteiger partial charge in [0.1, 0.15) is 12.4 Å². The van der Waals surface area contributed by atoms with Gasteiger partial charge >= 0.3 is 0 Å². The van der Waals surface area contributed by atoms with Crippen LogP contribution in [0.1, 0.15) is 12.5 Å². The summed E-state index contributed by atoms with van der Waals surface area (Å²) in [5, 5.41) is 7.05. The Hall–Kier alpha value is -1.75. The number of benzene rings is 1. The average Bonchev–Trinajstić information content (AvgIpc) is 2.19. The van der Waals surface area contributed by atoms with Crippen molar-refractivity contribution in [2.75, 3.05) is 6.61 Å². The molecule has 0 aliphatic carbocycles.